The van der Waals surface area contributed by atoms with E-state index in [2.05, 4.69) is 10.6 Å². The molecule has 1 heterocycles. The largest absolute Gasteiger partial charge is 0.416 e. The molecule has 0 spiro atoms. The molecule has 0 aromatic heterocycles. The third-order valence-corrected chi connectivity index (χ3v) is 5.73. The topological polar surface area (TPSA) is 50.4 Å². The lowest BCUT2D eigenvalue weighted by Gasteiger charge is -2.36. The van der Waals surface area contributed by atoms with Crippen LogP contribution in [0.5, 0.6) is 0 Å². The monoisotopic (exact) mass is 440 g/mol. The van der Waals surface area contributed by atoms with Crippen LogP contribution in [0, 0.1) is 0 Å². The molecule has 0 saturated carbocycles. The minimum atomic E-state index is -4.47. The van der Waals surface area contributed by atoms with E-state index in [4.69, 9.17) is 4.74 Å². The highest BCUT2D eigenvalue weighted by atomic mass is 19.4. The SMILES string of the molecule is O=C(Nc1ccc(Nc2ccccc2)cc1)C1(c2cccc(C(F)(F)F)c2)CCOCC1. The number of amides is 1. The highest BCUT2D eigenvalue weighted by Gasteiger charge is 2.43. The van der Waals surface area contributed by atoms with Crippen molar-refractivity contribution in [1.82, 2.24) is 0 Å². The first-order chi connectivity index (χ1) is 15.4. The van der Waals surface area contributed by atoms with E-state index in [0.717, 1.165) is 23.5 Å². The number of anilines is 3. The summed E-state index contributed by atoms with van der Waals surface area (Å²) in [5.74, 6) is -0.330. The molecule has 0 aliphatic carbocycles. The maximum absolute atomic E-state index is 13.4. The fourth-order valence-electron chi connectivity index (χ4n) is 3.94. The molecule has 0 unspecified atom stereocenters. The first-order valence-corrected chi connectivity index (χ1v) is 10.4. The Morgan fingerprint density at radius 2 is 1.44 bits per heavy atom. The summed E-state index contributed by atoms with van der Waals surface area (Å²) in [7, 11) is 0. The predicted octanol–water partition coefficient (Wildman–Crippen LogP) is 6.14. The molecule has 0 radical (unpaired) electrons. The van der Waals surface area contributed by atoms with Gasteiger partial charge in [-0.1, -0.05) is 36.4 Å². The van der Waals surface area contributed by atoms with Gasteiger partial charge in [0.05, 0.1) is 11.0 Å². The lowest BCUT2D eigenvalue weighted by Crippen LogP contribution is -2.45. The number of carbonyl (C=O) groups is 1. The molecule has 7 heteroatoms. The van der Waals surface area contributed by atoms with Gasteiger partial charge in [0.2, 0.25) is 5.91 Å². The Hall–Kier alpha value is -3.32. The molecule has 0 bridgehead atoms. The number of hydrogen-bond donors (Lipinski definition) is 2. The molecular formula is C25H23F3N2O2. The van der Waals surface area contributed by atoms with Crippen LogP contribution in [0.25, 0.3) is 0 Å². The van der Waals surface area contributed by atoms with E-state index in [0.29, 0.717) is 37.3 Å². The maximum Gasteiger partial charge on any atom is 0.416 e. The molecule has 1 aliphatic heterocycles. The second-order valence-corrected chi connectivity index (χ2v) is 7.80. The van der Waals surface area contributed by atoms with Gasteiger partial charge < -0.3 is 15.4 Å². The van der Waals surface area contributed by atoms with Gasteiger partial charge in [-0.2, -0.15) is 13.2 Å². The molecule has 3 aromatic carbocycles. The van der Waals surface area contributed by atoms with Crippen LogP contribution in [0.2, 0.25) is 0 Å². The number of halogens is 3. The quantitative estimate of drug-likeness (QED) is 0.501. The second kappa shape index (κ2) is 9.04. The number of alkyl halides is 3. The van der Waals surface area contributed by atoms with Crippen LogP contribution in [0.15, 0.2) is 78.9 Å². The third kappa shape index (κ3) is 4.78. The van der Waals surface area contributed by atoms with Crippen LogP contribution >= 0.6 is 0 Å². The number of hydrogen-bond acceptors (Lipinski definition) is 3. The lowest BCUT2D eigenvalue weighted by atomic mass is 9.73. The van der Waals surface area contributed by atoms with E-state index >= 15 is 0 Å². The van der Waals surface area contributed by atoms with Crippen LogP contribution in [0.3, 0.4) is 0 Å². The van der Waals surface area contributed by atoms with Gasteiger partial charge >= 0.3 is 6.18 Å². The van der Waals surface area contributed by atoms with Crippen molar-refractivity contribution >= 4 is 23.0 Å². The first-order valence-electron chi connectivity index (χ1n) is 10.4. The molecule has 1 saturated heterocycles. The minimum absolute atomic E-state index is 0.309. The maximum atomic E-state index is 13.4. The second-order valence-electron chi connectivity index (χ2n) is 7.80. The van der Waals surface area contributed by atoms with Gasteiger partial charge in [0, 0.05) is 30.3 Å². The number of carbonyl (C=O) groups excluding carboxylic acids is 1. The van der Waals surface area contributed by atoms with Crippen LogP contribution < -0.4 is 10.6 Å². The van der Waals surface area contributed by atoms with Crippen molar-refractivity contribution in [3.8, 4) is 0 Å². The van der Waals surface area contributed by atoms with Crippen LogP contribution in [-0.4, -0.2) is 19.1 Å². The molecule has 4 rings (SSSR count). The van der Waals surface area contributed by atoms with Crippen LogP contribution in [-0.2, 0) is 21.1 Å². The molecule has 1 fully saturated rings. The number of para-hydroxylation sites is 1. The molecule has 1 amide bonds. The number of rotatable bonds is 5. The summed E-state index contributed by atoms with van der Waals surface area (Å²) < 4.78 is 45.2. The summed E-state index contributed by atoms with van der Waals surface area (Å²) in [6, 6.07) is 21.9. The van der Waals surface area contributed by atoms with E-state index in [-0.39, 0.29) is 5.91 Å². The number of ether oxygens (including phenoxy) is 1. The van der Waals surface area contributed by atoms with Crippen molar-refractivity contribution < 1.29 is 22.7 Å². The molecule has 2 N–H and O–H groups in total. The van der Waals surface area contributed by atoms with E-state index in [1.165, 1.54) is 6.07 Å². The zero-order valence-electron chi connectivity index (χ0n) is 17.3. The van der Waals surface area contributed by atoms with Gasteiger partial charge in [-0.05, 0) is 60.9 Å². The Morgan fingerprint density at radius 3 is 2.09 bits per heavy atom. The Bertz CT molecular complexity index is 1060. The fraction of sp³-hybridized carbons (Fsp3) is 0.240. The Kier molecular flexibility index (Phi) is 6.19. The standard InChI is InChI=1S/C25H23F3N2O2/c26-25(27,28)19-6-4-5-18(17-19)24(13-15-32-16-14-24)23(31)30-22-11-9-21(10-12-22)29-20-7-2-1-3-8-20/h1-12,17,29H,13-16H2,(H,30,31). The Morgan fingerprint density at radius 1 is 0.812 bits per heavy atom. The highest BCUT2D eigenvalue weighted by Crippen LogP contribution is 2.39. The van der Waals surface area contributed by atoms with Gasteiger partial charge in [0.25, 0.3) is 0 Å². The van der Waals surface area contributed by atoms with Crippen molar-refractivity contribution in [2.45, 2.75) is 24.4 Å². The highest BCUT2D eigenvalue weighted by molar-refractivity contribution is 5.99. The normalized spacial score (nSPS) is 15.7. The van der Waals surface area contributed by atoms with Gasteiger partial charge in [-0.25, -0.2) is 0 Å². The minimum Gasteiger partial charge on any atom is -0.381 e. The van der Waals surface area contributed by atoms with Crippen LogP contribution in [0.4, 0.5) is 30.2 Å². The van der Waals surface area contributed by atoms with Gasteiger partial charge in [0.1, 0.15) is 0 Å². The van der Waals surface area contributed by atoms with Gasteiger partial charge in [-0.15, -0.1) is 0 Å². The van der Waals surface area contributed by atoms with Crippen molar-refractivity contribution in [1.29, 1.82) is 0 Å². The molecule has 3 aromatic rings. The lowest BCUT2D eigenvalue weighted by molar-refractivity contribution is -0.138. The van der Waals surface area contributed by atoms with E-state index in [1.807, 2.05) is 42.5 Å². The summed E-state index contributed by atoms with van der Waals surface area (Å²) in [4.78, 5) is 13.4. The van der Waals surface area contributed by atoms with Crippen molar-refractivity contribution in [3.63, 3.8) is 0 Å². The summed E-state index contributed by atoms with van der Waals surface area (Å²) in [5.41, 5.74) is 0.885. The van der Waals surface area contributed by atoms with Crippen molar-refractivity contribution in [2.24, 2.45) is 0 Å². The van der Waals surface area contributed by atoms with E-state index in [1.54, 1.807) is 18.2 Å². The van der Waals surface area contributed by atoms with E-state index < -0.39 is 17.2 Å². The predicted molar refractivity (Wildman–Crippen MR) is 118 cm³/mol. The first kappa shape index (κ1) is 21.9. The Balaban J connectivity index is 1.55. The van der Waals surface area contributed by atoms with Crippen molar-refractivity contribution in [2.75, 3.05) is 23.8 Å². The van der Waals surface area contributed by atoms with E-state index in [9.17, 15) is 18.0 Å². The summed E-state index contributed by atoms with van der Waals surface area (Å²) >= 11 is 0. The molecule has 1 aliphatic rings. The smallest absolute Gasteiger partial charge is 0.381 e. The molecule has 32 heavy (non-hydrogen) atoms. The number of benzene rings is 3. The third-order valence-electron chi connectivity index (χ3n) is 5.73. The number of nitrogens with one attached hydrogen (secondary N) is 2. The van der Waals surface area contributed by atoms with Gasteiger partial charge in [0.15, 0.2) is 0 Å². The van der Waals surface area contributed by atoms with Gasteiger partial charge in [-0.3, -0.25) is 4.79 Å². The summed E-state index contributed by atoms with van der Waals surface area (Å²) in [6.45, 7) is 0.618. The average molecular weight is 440 g/mol. The molecule has 4 nitrogen and oxygen atoms in total. The van der Waals surface area contributed by atoms with Crippen LogP contribution in [0.1, 0.15) is 24.0 Å². The zero-order valence-corrected chi connectivity index (χ0v) is 17.3. The average Bonchev–Trinajstić information content (AvgIpc) is 2.81. The summed E-state index contributed by atoms with van der Waals surface area (Å²) in [5, 5.41) is 6.16. The molecule has 0 atom stereocenters. The fourth-order valence-corrected chi connectivity index (χ4v) is 3.94. The molecular weight excluding hydrogens is 417 g/mol. The molecule has 166 valence electrons. The van der Waals surface area contributed by atoms with Crippen molar-refractivity contribution in [3.05, 3.63) is 90.0 Å². The zero-order chi connectivity index (χ0) is 22.6. The Labute approximate surface area is 184 Å². The summed E-state index contributed by atoms with van der Waals surface area (Å²) in [6.07, 6.45) is -3.85.